The van der Waals surface area contributed by atoms with Crippen LogP contribution in [0.15, 0.2) is 24.3 Å². The summed E-state index contributed by atoms with van der Waals surface area (Å²) in [5.74, 6) is 0.559. The molecule has 0 aliphatic carbocycles. The molecular formula is C12H17NO3. The van der Waals surface area contributed by atoms with Crippen molar-refractivity contribution in [2.45, 2.75) is 19.8 Å². The van der Waals surface area contributed by atoms with E-state index >= 15 is 0 Å². The standard InChI is InChI=1S/C12H17NO3/c1-2-16-11-7-4-3-6-10(11)13-12(15)8-5-9-14/h3-4,6-7,14H,2,5,8-9H2,1H3,(H,13,15). The number of carbonyl (C=O) groups is 1. The van der Waals surface area contributed by atoms with Crippen molar-refractivity contribution in [1.29, 1.82) is 0 Å². The van der Waals surface area contributed by atoms with Crippen LogP contribution in [0.3, 0.4) is 0 Å². The molecule has 88 valence electrons. The summed E-state index contributed by atoms with van der Waals surface area (Å²) in [6, 6.07) is 7.30. The lowest BCUT2D eigenvalue weighted by molar-refractivity contribution is -0.116. The Bertz CT molecular complexity index is 339. The SMILES string of the molecule is CCOc1ccccc1NC(=O)CCCO. The molecule has 0 atom stereocenters. The summed E-state index contributed by atoms with van der Waals surface area (Å²) in [6.07, 6.45) is 0.791. The van der Waals surface area contributed by atoms with Crippen molar-refractivity contribution in [1.82, 2.24) is 0 Å². The van der Waals surface area contributed by atoms with E-state index in [1.165, 1.54) is 0 Å². The Morgan fingerprint density at radius 1 is 1.44 bits per heavy atom. The van der Waals surface area contributed by atoms with Gasteiger partial charge in [0.15, 0.2) is 0 Å². The van der Waals surface area contributed by atoms with Gasteiger partial charge in [0.25, 0.3) is 0 Å². The number of nitrogens with one attached hydrogen (secondary N) is 1. The summed E-state index contributed by atoms with van der Waals surface area (Å²) in [5.41, 5.74) is 0.673. The first-order valence-electron chi connectivity index (χ1n) is 5.40. The van der Waals surface area contributed by atoms with Crippen LogP contribution in [0.1, 0.15) is 19.8 Å². The van der Waals surface area contributed by atoms with Gasteiger partial charge in [0.2, 0.25) is 5.91 Å². The van der Waals surface area contributed by atoms with Crippen molar-refractivity contribution in [2.75, 3.05) is 18.5 Å². The lowest BCUT2D eigenvalue weighted by Gasteiger charge is -2.10. The first-order chi connectivity index (χ1) is 7.77. The molecule has 2 N–H and O–H groups in total. The number of anilines is 1. The fourth-order valence-electron chi connectivity index (χ4n) is 1.30. The molecule has 0 heterocycles. The quantitative estimate of drug-likeness (QED) is 0.773. The zero-order chi connectivity index (χ0) is 11.8. The fraction of sp³-hybridized carbons (Fsp3) is 0.417. The Labute approximate surface area is 95.2 Å². The van der Waals surface area contributed by atoms with E-state index in [0.29, 0.717) is 30.9 Å². The largest absolute Gasteiger partial charge is 0.492 e. The first-order valence-corrected chi connectivity index (χ1v) is 5.40. The van der Waals surface area contributed by atoms with Crippen LogP contribution >= 0.6 is 0 Å². The van der Waals surface area contributed by atoms with Crippen molar-refractivity contribution >= 4 is 11.6 Å². The van der Waals surface area contributed by atoms with E-state index in [4.69, 9.17) is 9.84 Å². The molecule has 1 aromatic carbocycles. The Hall–Kier alpha value is -1.55. The number of carbonyl (C=O) groups excluding carboxylic acids is 1. The van der Waals surface area contributed by atoms with Gasteiger partial charge in [-0.15, -0.1) is 0 Å². The van der Waals surface area contributed by atoms with E-state index in [0.717, 1.165) is 0 Å². The van der Waals surface area contributed by atoms with E-state index < -0.39 is 0 Å². The van der Waals surface area contributed by atoms with Gasteiger partial charge >= 0.3 is 0 Å². The average molecular weight is 223 g/mol. The molecule has 4 nitrogen and oxygen atoms in total. The van der Waals surface area contributed by atoms with Crippen LogP contribution in [0.5, 0.6) is 5.75 Å². The van der Waals surface area contributed by atoms with Gasteiger partial charge in [-0.05, 0) is 25.5 Å². The molecule has 0 aliphatic rings. The Morgan fingerprint density at radius 2 is 2.19 bits per heavy atom. The third kappa shape index (κ3) is 3.90. The first kappa shape index (κ1) is 12.5. The highest BCUT2D eigenvalue weighted by Gasteiger charge is 2.06. The number of amides is 1. The van der Waals surface area contributed by atoms with Crippen LogP contribution in [0, 0.1) is 0 Å². The number of para-hydroxylation sites is 2. The number of hydrogen-bond acceptors (Lipinski definition) is 3. The summed E-state index contributed by atoms with van der Waals surface area (Å²) < 4.78 is 5.38. The van der Waals surface area contributed by atoms with E-state index in [1.807, 2.05) is 25.1 Å². The van der Waals surface area contributed by atoms with E-state index in [-0.39, 0.29) is 12.5 Å². The summed E-state index contributed by atoms with van der Waals surface area (Å²) in [7, 11) is 0. The highest BCUT2D eigenvalue weighted by Crippen LogP contribution is 2.23. The normalized spacial score (nSPS) is 9.88. The lowest BCUT2D eigenvalue weighted by Crippen LogP contribution is -2.12. The summed E-state index contributed by atoms with van der Waals surface area (Å²) in [4.78, 5) is 11.5. The summed E-state index contributed by atoms with van der Waals surface area (Å²) in [5, 5.41) is 11.4. The maximum Gasteiger partial charge on any atom is 0.224 e. The number of ether oxygens (including phenoxy) is 1. The molecule has 1 aromatic rings. The van der Waals surface area contributed by atoms with Crippen LogP contribution in [0.2, 0.25) is 0 Å². The van der Waals surface area contributed by atoms with E-state index in [1.54, 1.807) is 6.07 Å². The van der Waals surface area contributed by atoms with Crippen molar-refractivity contribution in [3.05, 3.63) is 24.3 Å². The molecular weight excluding hydrogens is 206 g/mol. The second kappa shape index (κ2) is 6.85. The predicted molar refractivity (Wildman–Crippen MR) is 62.6 cm³/mol. The lowest BCUT2D eigenvalue weighted by atomic mass is 10.2. The van der Waals surface area contributed by atoms with Gasteiger partial charge in [-0.2, -0.15) is 0 Å². The van der Waals surface area contributed by atoms with Crippen molar-refractivity contribution in [2.24, 2.45) is 0 Å². The molecule has 4 heteroatoms. The molecule has 0 fully saturated rings. The van der Waals surface area contributed by atoms with E-state index in [9.17, 15) is 4.79 Å². The molecule has 0 saturated carbocycles. The molecule has 0 bridgehead atoms. The van der Waals surface area contributed by atoms with Gasteiger partial charge in [0, 0.05) is 13.0 Å². The van der Waals surface area contributed by atoms with Gasteiger partial charge in [-0.3, -0.25) is 4.79 Å². The second-order valence-electron chi connectivity index (χ2n) is 3.30. The number of aliphatic hydroxyl groups is 1. The number of benzene rings is 1. The minimum absolute atomic E-state index is 0.0283. The number of rotatable bonds is 6. The number of aliphatic hydroxyl groups excluding tert-OH is 1. The molecule has 0 aromatic heterocycles. The van der Waals surface area contributed by atoms with Gasteiger partial charge in [-0.25, -0.2) is 0 Å². The third-order valence-corrected chi connectivity index (χ3v) is 2.02. The van der Waals surface area contributed by atoms with Crippen LogP contribution in [-0.2, 0) is 4.79 Å². The molecule has 16 heavy (non-hydrogen) atoms. The number of hydrogen-bond donors (Lipinski definition) is 2. The van der Waals surface area contributed by atoms with Gasteiger partial charge in [0.1, 0.15) is 5.75 Å². The second-order valence-corrected chi connectivity index (χ2v) is 3.30. The fourth-order valence-corrected chi connectivity index (χ4v) is 1.30. The van der Waals surface area contributed by atoms with Crippen molar-refractivity contribution in [3.63, 3.8) is 0 Å². The van der Waals surface area contributed by atoms with Crippen LogP contribution in [0.25, 0.3) is 0 Å². The molecule has 0 unspecified atom stereocenters. The Balaban J connectivity index is 2.61. The molecule has 0 saturated heterocycles. The van der Waals surface area contributed by atoms with Gasteiger partial charge < -0.3 is 15.2 Å². The molecule has 0 aliphatic heterocycles. The van der Waals surface area contributed by atoms with Crippen LogP contribution < -0.4 is 10.1 Å². The Kier molecular flexibility index (Phi) is 5.36. The van der Waals surface area contributed by atoms with Gasteiger partial charge in [-0.1, -0.05) is 12.1 Å². The topological polar surface area (TPSA) is 58.6 Å². The highest BCUT2D eigenvalue weighted by molar-refractivity contribution is 5.92. The molecule has 1 rings (SSSR count). The maximum absolute atomic E-state index is 11.5. The van der Waals surface area contributed by atoms with E-state index in [2.05, 4.69) is 5.32 Å². The molecule has 0 radical (unpaired) electrons. The highest BCUT2D eigenvalue weighted by atomic mass is 16.5. The minimum atomic E-state index is -0.110. The van der Waals surface area contributed by atoms with Crippen molar-refractivity contribution in [3.8, 4) is 5.75 Å². The Morgan fingerprint density at radius 3 is 2.88 bits per heavy atom. The van der Waals surface area contributed by atoms with Crippen LogP contribution in [-0.4, -0.2) is 24.2 Å². The minimum Gasteiger partial charge on any atom is -0.492 e. The average Bonchev–Trinajstić information content (AvgIpc) is 2.29. The maximum atomic E-state index is 11.5. The summed E-state index contributed by atoms with van der Waals surface area (Å²) in [6.45, 7) is 2.48. The summed E-state index contributed by atoms with van der Waals surface area (Å²) >= 11 is 0. The monoisotopic (exact) mass is 223 g/mol. The molecule has 0 spiro atoms. The predicted octanol–water partition coefficient (Wildman–Crippen LogP) is 1.80. The molecule has 1 amide bonds. The zero-order valence-electron chi connectivity index (χ0n) is 9.40. The smallest absolute Gasteiger partial charge is 0.224 e. The van der Waals surface area contributed by atoms with Crippen LogP contribution in [0.4, 0.5) is 5.69 Å². The van der Waals surface area contributed by atoms with Crippen molar-refractivity contribution < 1.29 is 14.6 Å². The van der Waals surface area contributed by atoms with Gasteiger partial charge in [0.05, 0.1) is 12.3 Å². The third-order valence-electron chi connectivity index (χ3n) is 2.02. The zero-order valence-corrected chi connectivity index (χ0v) is 9.40.